The predicted octanol–water partition coefficient (Wildman–Crippen LogP) is 2.09. The number of aliphatic hydroxyl groups is 1. The number of fused-ring (bicyclic) bond motifs is 1. The Morgan fingerprint density at radius 3 is 2.90 bits per heavy atom. The van der Waals surface area contributed by atoms with Gasteiger partial charge in [-0.3, -0.25) is 0 Å². The van der Waals surface area contributed by atoms with Crippen molar-refractivity contribution in [3.8, 4) is 11.6 Å². The van der Waals surface area contributed by atoms with Crippen LogP contribution in [0.3, 0.4) is 0 Å². The summed E-state index contributed by atoms with van der Waals surface area (Å²) < 4.78 is 5.74. The number of ether oxygens (including phenoxy) is 1. The Labute approximate surface area is 123 Å². The standard InChI is InChI=1S/C16H17N3O2/c20-11-16-8-12(16)9-19(10-16)15-17-7-6-14(18-15)21-13-4-2-1-3-5-13/h1-7,12,20H,8-11H2. The van der Waals surface area contributed by atoms with E-state index in [4.69, 9.17) is 4.74 Å². The van der Waals surface area contributed by atoms with Crippen LogP contribution < -0.4 is 9.64 Å². The maximum Gasteiger partial charge on any atom is 0.228 e. The summed E-state index contributed by atoms with van der Waals surface area (Å²) in [6, 6.07) is 11.4. The van der Waals surface area contributed by atoms with Crippen molar-refractivity contribution < 1.29 is 9.84 Å². The molecule has 1 aliphatic heterocycles. The summed E-state index contributed by atoms with van der Waals surface area (Å²) in [6.07, 6.45) is 2.84. The molecule has 2 aromatic rings. The summed E-state index contributed by atoms with van der Waals surface area (Å²) in [7, 11) is 0. The van der Waals surface area contributed by atoms with Gasteiger partial charge in [0.25, 0.3) is 0 Å². The Morgan fingerprint density at radius 2 is 2.14 bits per heavy atom. The summed E-state index contributed by atoms with van der Waals surface area (Å²) in [5, 5.41) is 9.49. The number of piperidine rings is 1. The van der Waals surface area contributed by atoms with E-state index in [2.05, 4.69) is 14.9 Å². The number of rotatable bonds is 4. The van der Waals surface area contributed by atoms with Crippen LogP contribution in [0.15, 0.2) is 42.6 Å². The minimum atomic E-state index is 0.0969. The summed E-state index contributed by atoms with van der Waals surface area (Å²) >= 11 is 0. The van der Waals surface area contributed by atoms with Crippen molar-refractivity contribution in [2.45, 2.75) is 6.42 Å². The molecule has 2 aliphatic rings. The van der Waals surface area contributed by atoms with Crippen LogP contribution in [0.1, 0.15) is 6.42 Å². The van der Waals surface area contributed by atoms with E-state index < -0.39 is 0 Å². The molecule has 5 heteroatoms. The third-order valence-corrected chi connectivity index (χ3v) is 4.49. The Bertz CT molecular complexity index is 645. The van der Waals surface area contributed by atoms with Crippen LogP contribution in [0.5, 0.6) is 11.6 Å². The summed E-state index contributed by atoms with van der Waals surface area (Å²) in [6.45, 7) is 2.02. The molecule has 2 heterocycles. The van der Waals surface area contributed by atoms with Crippen LogP contribution in [0.4, 0.5) is 5.95 Å². The molecule has 1 aromatic carbocycles. The molecule has 1 saturated carbocycles. The van der Waals surface area contributed by atoms with E-state index in [1.807, 2.05) is 30.3 Å². The van der Waals surface area contributed by atoms with Gasteiger partial charge in [0.2, 0.25) is 11.8 Å². The topological polar surface area (TPSA) is 58.5 Å². The average molecular weight is 283 g/mol. The number of aliphatic hydroxyl groups excluding tert-OH is 1. The third-order valence-electron chi connectivity index (χ3n) is 4.49. The number of hydrogen-bond donors (Lipinski definition) is 1. The van der Waals surface area contributed by atoms with Gasteiger partial charge in [-0.2, -0.15) is 4.98 Å². The van der Waals surface area contributed by atoms with E-state index in [9.17, 15) is 5.11 Å². The molecular weight excluding hydrogens is 266 g/mol. The van der Waals surface area contributed by atoms with E-state index >= 15 is 0 Å². The van der Waals surface area contributed by atoms with Crippen LogP contribution in [-0.4, -0.2) is 34.8 Å². The minimum Gasteiger partial charge on any atom is -0.439 e. The lowest BCUT2D eigenvalue weighted by Gasteiger charge is -2.20. The zero-order valence-electron chi connectivity index (χ0n) is 11.6. The molecule has 108 valence electrons. The maximum atomic E-state index is 9.49. The van der Waals surface area contributed by atoms with Gasteiger partial charge in [-0.15, -0.1) is 0 Å². The predicted molar refractivity (Wildman–Crippen MR) is 78.4 cm³/mol. The first-order chi connectivity index (χ1) is 10.3. The largest absolute Gasteiger partial charge is 0.439 e. The monoisotopic (exact) mass is 283 g/mol. The van der Waals surface area contributed by atoms with E-state index in [0.717, 1.165) is 25.3 Å². The molecule has 4 rings (SSSR count). The third kappa shape index (κ3) is 2.23. The SMILES string of the molecule is OCC12CC1CN(c1nccc(Oc3ccccc3)n1)C2. The highest BCUT2D eigenvalue weighted by Gasteiger charge is 2.59. The molecule has 2 atom stereocenters. The highest BCUT2D eigenvalue weighted by Crippen LogP contribution is 2.57. The molecule has 2 fully saturated rings. The van der Waals surface area contributed by atoms with E-state index in [-0.39, 0.29) is 12.0 Å². The van der Waals surface area contributed by atoms with Gasteiger partial charge in [0, 0.05) is 30.8 Å². The first-order valence-corrected chi connectivity index (χ1v) is 7.21. The Morgan fingerprint density at radius 1 is 1.29 bits per heavy atom. The fourth-order valence-electron chi connectivity index (χ4n) is 3.14. The number of anilines is 1. The van der Waals surface area contributed by atoms with Gasteiger partial charge < -0.3 is 14.7 Å². The molecule has 21 heavy (non-hydrogen) atoms. The van der Waals surface area contributed by atoms with Crippen molar-refractivity contribution in [1.82, 2.24) is 9.97 Å². The van der Waals surface area contributed by atoms with E-state index in [1.165, 1.54) is 0 Å². The molecule has 1 N–H and O–H groups in total. The fraction of sp³-hybridized carbons (Fsp3) is 0.375. The van der Waals surface area contributed by atoms with Crippen molar-refractivity contribution in [3.05, 3.63) is 42.6 Å². The number of benzene rings is 1. The Kier molecular flexibility index (Phi) is 2.82. The first kappa shape index (κ1) is 12.6. The van der Waals surface area contributed by atoms with Gasteiger partial charge in [-0.25, -0.2) is 4.98 Å². The van der Waals surface area contributed by atoms with Crippen molar-refractivity contribution >= 4 is 5.95 Å². The fourth-order valence-corrected chi connectivity index (χ4v) is 3.14. The molecule has 5 nitrogen and oxygen atoms in total. The molecular formula is C16H17N3O2. The van der Waals surface area contributed by atoms with Crippen molar-refractivity contribution in [2.75, 3.05) is 24.6 Å². The zero-order chi connectivity index (χ0) is 14.3. The summed E-state index contributed by atoms with van der Waals surface area (Å²) in [4.78, 5) is 11.0. The quantitative estimate of drug-likeness (QED) is 0.931. The lowest BCUT2D eigenvalue weighted by molar-refractivity contribution is 0.216. The smallest absolute Gasteiger partial charge is 0.228 e. The van der Waals surface area contributed by atoms with Crippen LogP contribution in [0.25, 0.3) is 0 Å². The number of hydrogen-bond acceptors (Lipinski definition) is 5. The van der Waals surface area contributed by atoms with Gasteiger partial charge in [-0.05, 0) is 24.5 Å². The van der Waals surface area contributed by atoms with Gasteiger partial charge in [0.15, 0.2) is 0 Å². The van der Waals surface area contributed by atoms with Crippen LogP contribution in [-0.2, 0) is 0 Å². The molecule has 0 amide bonds. The second kappa shape index (κ2) is 4.70. The normalized spacial score (nSPS) is 26.5. The van der Waals surface area contributed by atoms with Crippen LogP contribution in [0, 0.1) is 11.3 Å². The summed E-state index contributed by atoms with van der Waals surface area (Å²) in [5.41, 5.74) is 0.0969. The highest BCUT2D eigenvalue weighted by molar-refractivity contribution is 5.39. The van der Waals surface area contributed by atoms with Gasteiger partial charge in [0.05, 0.1) is 6.61 Å². The molecule has 1 aliphatic carbocycles. The first-order valence-electron chi connectivity index (χ1n) is 7.21. The number of para-hydroxylation sites is 1. The molecule has 2 unspecified atom stereocenters. The van der Waals surface area contributed by atoms with E-state index in [0.29, 0.717) is 17.7 Å². The zero-order valence-corrected chi connectivity index (χ0v) is 11.6. The molecule has 0 radical (unpaired) electrons. The summed E-state index contributed by atoms with van der Waals surface area (Å²) in [5.74, 6) is 2.58. The van der Waals surface area contributed by atoms with Gasteiger partial charge in [-0.1, -0.05) is 18.2 Å². The highest BCUT2D eigenvalue weighted by atomic mass is 16.5. The van der Waals surface area contributed by atoms with Crippen LogP contribution in [0.2, 0.25) is 0 Å². The molecule has 0 spiro atoms. The maximum absolute atomic E-state index is 9.49. The number of nitrogens with zero attached hydrogens (tertiary/aromatic N) is 3. The average Bonchev–Trinajstić information content (AvgIpc) is 3.10. The molecule has 1 saturated heterocycles. The second-order valence-corrected chi connectivity index (χ2v) is 5.91. The lowest BCUT2D eigenvalue weighted by atomic mass is 10.1. The van der Waals surface area contributed by atoms with E-state index in [1.54, 1.807) is 12.3 Å². The Hall–Kier alpha value is -2.14. The second-order valence-electron chi connectivity index (χ2n) is 5.91. The molecule has 1 aromatic heterocycles. The van der Waals surface area contributed by atoms with Crippen molar-refractivity contribution in [3.63, 3.8) is 0 Å². The van der Waals surface area contributed by atoms with Gasteiger partial charge >= 0.3 is 0 Å². The lowest BCUT2D eigenvalue weighted by Crippen LogP contribution is -2.27. The van der Waals surface area contributed by atoms with Gasteiger partial charge in [0.1, 0.15) is 5.75 Å². The molecule has 0 bridgehead atoms. The van der Waals surface area contributed by atoms with Crippen molar-refractivity contribution in [1.29, 1.82) is 0 Å². The van der Waals surface area contributed by atoms with Crippen LogP contribution >= 0.6 is 0 Å². The Balaban J connectivity index is 1.51. The van der Waals surface area contributed by atoms with Crippen molar-refractivity contribution in [2.24, 2.45) is 11.3 Å². The minimum absolute atomic E-state index is 0.0969. The number of aromatic nitrogens is 2.